The van der Waals surface area contributed by atoms with Crippen molar-refractivity contribution in [2.45, 2.75) is 121 Å². The van der Waals surface area contributed by atoms with Crippen molar-refractivity contribution in [2.75, 3.05) is 33.7 Å². The smallest absolute Gasteiger partial charge is 0.222 e. The van der Waals surface area contributed by atoms with E-state index in [0.29, 0.717) is 0 Å². The van der Waals surface area contributed by atoms with Crippen LogP contribution in [0.15, 0.2) is 0 Å². The summed E-state index contributed by atoms with van der Waals surface area (Å²) >= 11 is 0. The van der Waals surface area contributed by atoms with E-state index in [4.69, 9.17) is 0 Å². The van der Waals surface area contributed by atoms with Gasteiger partial charge < -0.3 is 31.9 Å². The lowest BCUT2D eigenvalue weighted by molar-refractivity contribution is -0.126. The van der Waals surface area contributed by atoms with Gasteiger partial charge in [0, 0.05) is 42.9 Å². The number of unbranched alkanes of at least 4 members (excludes halogenated alkanes) is 3. The largest absolute Gasteiger partial charge is 0.353 e. The lowest BCUT2D eigenvalue weighted by Crippen LogP contribution is -2.48. The molecule has 3 atom stereocenters. The van der Waals surface area contributed by atoms with Crippen molar-refractivity contribution in [3.05, 3.63) is 0 Å². The molecule has 0 aromatic heterocycles. The minimum absolute atomic E-state index is 0.0795. The zero-order chi connectivity index (χ0) is 26.8. The van der Waals surface area contributed by atoms with Gasteiger partial charge in [0.2, 0.25) is 17.7 Å². The van der Waals surface area contributed by atoms with Gasteiger partial charge in [0.25, 0.3) is 0 Å². The Labute approximate surface area is 219 Å². The molecule has 9 nitrogen and oxygen atoms in total. The maximum absolute atomic E-state index is 12.9. The lowest BCUT2D eigenvalue weighted by atomic mass is 10.00. The highest BCUT2D eigenvalue weighted by atomic mass is 16.2. The highest BCUT2D eigenvalue weighted by Gasteiger charge is 2.25. The molecule has 1 aliphatic heterocycles. The van der Waals surface area contributed by atoms with E-state index in [9.17, 15) is 14.4 Å². The summed E-state index contributed by atoms with van der Waals surface area (Å²) in [6, 6.07) is -0.575. The molecule has 1 aliphatic rings. The number of hydrogen-bond donors (Lipinski definition) is 6. The molecular weight excluding hydrogens is 456 g/mol. The molecule has 1 fully saturated rings. The van der Waals surface area contributed by atoms with Crippen LogP contribution in [0.4, 0.5) is 0 Å². The van der Waals surface area contributed by atoms with Crippen LogP contribution in [0.2, 0.25) is 0 Å². The second kappa shape index (κ2) is 18.5. The van der Waals surface area contributed by atoms with E-state index in [0.717, 1.165) is 77.4 Å². The molecule has 1 saturated heterocycles. The van der Waals surface area contributed by atoms with Gasteiger partial charge in [0.15, 0.2) is 0 Å². The first kappa shape index (κ1) is 32.3. The van der Waals surface area contributed by atoms with E-state index in [-0.39, 0.29) is 60.6 Å². The fourth-order valence-corrected chi connectivity index (χ4v) is 4.57. The molecule has 0 aliphatic carbocycles. The molecule has 9 heteroatoms. The van der Waals surface area contributed by atoms with Gasteiger partial charge in [-0.15, -0.1) is 0 Å². The van der Waals surface area contributed by atoms with Gasteiger partial charge in [-0.25, -0.2) is 0 Å². The van der Waals surface area contributed by atoms with Crippen LogP contribution < -0.4 is 31.9 Å². The number of carbonyl (C=O) groups excluding carboxylic acids is 3. The van der Waals surface area contributed by atoms with Gasteiger partial charge in [-0.05, 0) is 93.0 Å². The summed E-state index contributed by atoms with van der Waals surface area (Å²) in [6.45, 7) is 9.18. The van der Waals surface area contributed by atoms with Crippen LogP contribution in [0, 0.1) is 0 Å². The summed E-state index contributed by atoms with van der Waals surface area (Å²) in [6.07, 6.45) is 8.84. The molecule has 6 N–H and O–H groups in total. The summed E-state index contributed by atoms with van der Waals surface area (Å²) < 4.78 is 0. The third kappa shape index (κ3) is 16.9. The van der Waals surface area contributed by atoms with Gasteiger partial charge >= 0.3 is 0 Å². The summed E-state index contributed by atoms with van der Waals surface area (Å²) in [5.41, 5.74) is 0.0795. The number of rotatable bonds is 15. The minimum atomic E-state index is -0.197. The molecule has 0 aromatic rings. The zero-order valence-electron chi connectivity index (χ0n) is 23.6. The van der Waals surface area contributed by atoms with Crippen molar-refractivity contribution >= 4 is 17.7 Å². The Morgan fingerprint density at radius 2 is 0.944 bits per heavy atom. The number of nitrogens with one attached hydrogen (secondary N) is 6. The molecule has 3 amide bonds. The van der Waals surface area contributed by atoms with Gasteiger partial charge in [0.1, 0.15) is 0 Å². The molecule has 1 rings (SSSR count). The van der Waals surface area contributed by atoms with E-state index in [1.165, 1.54) is 0 Å². The van der Waals surface area contributed by atoms with Crippen LogP contribution in [0.25, 0.3) is 0 Å². The Morgan fingerprint density at radius 3 is 1.25 bits per heavy atom. The average molecular weight is 511 g/mol. The molecule has 0 spiro atoms. The second-order valence-corrected chi connectivity index (χ2v) is 11.3. The number of carbonyl (C=O) groups is 3. The van der Waals surface area contributed by atoms with Crippen LogP contribution in [-0.4, -0.2) is 75.1 Å². The number of amides is 3. The first-order valence-electron chi connectivity index (χ1n) is 14.0. The number of hydrogen-bond acceptors (Lipinski definition) is 6. The fraction of sp³-hybridized carbons (Fsp3) is 0.889. The first-order valence-corrected chi connectivity index (χ1v) is 14.0. The molecule has 3 unspecified atom stereocenters. The van der Waals surface area contributed by atoms with E-state index in [1.807, 2.05) is 14.1 Å². The van der Waals surface area contributed by atoms with Crippen LogP contribution >= 0.6 is 0 Å². The Kier molecular flexibility index (Phi) is 16.6. The molecule has 210 valence electrons. The van der Waals surface area contributed by atoms with Crippen molar-refractivity contribution < 1.29 is 14.4 Å². The Bertz CT molecular complexity index is 597. The fourth-order valence-electron chi connectivity index (χ4n) is 4.57. The van der Waals surface area contributed by atoms with Gasteiger partial charge in [-0.1, -0.05) is 19.3 Å². The third-order valence-corrected chi connectivity index (χ3v) is 6.48. The average Bonchev–Trinajstić information content (AvgIpc) is 2.77. The van der Waals surface area contributed by atoms with E-state index in [1.54, 1.807) is 0 Å². The van der Waals surface area contributed by atoms with Gasteiger partial charge in [-0.2, -0.15) is 0 Å². The zero-order valence-corrected chi connectivity index (χ0v) is 23.6. The predicted octanol–water partition coefficient (Wildman–Crippen LogP) is 1.96. The van der Waals surface area contributed by atoms with E-state index in [2.05, 4.69) is 52.7 Å². The maximum atomic E-state index is 12.9. The van der Waals surface area contributed by atoms with Crippen LogP contribution in [0.3, 0.4) is 0 Å². The minimum Gasteiger partial charge on any atom is -0.353 e. The van der Waals surface area contributed by atoms with E-state index >= 15 is 0 Å². The van der Waals surface area contributed by atoms with Crippen LogP contribution in [0.1, 0.15) is 97.8 Å². The highest BCUT2D eigenvalue weighted by Crippen LogP contribution is 2.13. The Balaban J connectivity index is 2.82. The Hall–Kier alpha value is -1.71. The molecule has 0 radical (unpaired) electrons. The summed E-state index contributed by atoms with van der Waals surface area (Å²) in [5, 5.41) is 19.1. The van der Waals surface area contributed by atoms with Crippen molar-refractivity contribution in [1.29, 1.82) is 0 Å². The first-order chi connectivity index (χ1) is 17.1. The third-order valence-electron chi connectivity index (χ3n) is 6.48. The van der Waals surface area contributed by atoms with Gasteiger partial charge in [-0.3, -0.25) is 14.4 Å². The van der Waals surface area contributed by atoms with Crippen molar-refractivity contribution in [3.63, 3.8) is 0 Å². The summed E-state index contributed by atoms with van der Waals surface area (Å²) in [7, 11) is 3.85. The standard InChI is InChI=1S/C27H54N6O3/c1-27(2,3)30-17-11-8-14-23-20-26(36)32-21(12-6-9-15-28-4)18-24(34)31-22(19-25(35)33-23)13-7-10-16-29-5/h21-23,28-30H,6-20H2,1-5H3,(H,31,34)(H,32,36)(H,33,35). The summed E-state index contributed by atoms with van der Waals surface area (Å²) in [4.78, 5) is 38.6. The molecule has 36 heavy (non-hydrogen) atoms. The maximum Gasteiger partial charge on any atom is 0.222 e. The molecular formula is C27H54N6O3. The van der Waals surface area contributed by atoms with Crippen LogP contribution in [-0.2, 0) is 14.4 Å². The van der Waals surface area contributed by atoms with Gasteiger partial charge in [0.05, 0.1) is 0 Å². The monoisotopic (exact) mass is 510 g/mol. The second-order valence-electron chi connectivity index (χ2n) is 11.3. The highest BCUT2D eigenvalue weighted by molar-refractivity contribution is 5.83. The molecule has 0 aromatic carbocycles. The normalized spacial score (nSPS) is 22.2. The predicted molar refractivity (Wildman–Crippen MR) is 147 cm³/mol. The quantitative estimate of drug-likeness (QED) is 0.187. The lowest BCUT2D eigenvalue weighted by Gasteiger charge is -2.26. The molecule has 1 heterocycles. The Morgan fingerprint density at radius 1 is 0.611 bits per heavy atom. The van der Waals surface area contributed by atoms with Crippen molar-refractivity contribution in [3.8, 4) is 0 Å². The topological polar surface area (TPSA) is 123 Å². The SMILES string of the molecule is CNCCCCC1CC(=O)NC(CCCCNC)CC(=O)NC(CCCCNC(C)(C)C)CC(=O)N1. The van der Waals surface area contributed by atoms with Crippen molar-refractivity contribution in [1.82, 2.24) is 31.9 Å². The molecule has 0 saturated carbocycles. The summed E-state index contributed by atoms with van der Waals surface area (Å²) in [5.74, 6) is -0.281. The van der Waals surface area contributed by atoms with Crippen LogP contribution in [0.5, 0.6) is 0 Å². The molecule has 0 bridgehead atoms. The van der Waals surface area contributed by atoms with E-state index < -0.39 is 0 Å². The van der Waals surface area contributed by atoms with Crippen molar-refractivity contribution in [2.24, 2.45) is 0 Å².